The first-order valence-corrected chi connectivity index (χ1v) is 11.9. The highest BCUT2D eigenvalue weighted by Gasteiger charge is 2.36. The van der Waals surface area contributed by atoms with Gasteiger partial charge in [-0.25, -0.2) is 4.79 Å². The Morgan fingerprint density at radius 3 is 2.79 bits per heavy atom. The number of halogens is 1. The predicted octanol–water partition coefficient (Wildman–Crippen LogP) is 3.06. The number of ether oxygens (including phenoxy) is 2. The van der Waals surface area contributed by atoms with Crippen molar-refractivity contribution in [3.63, 3.8) is 0 Å². The second-order valence-electron chi connectivity index (χ2n) is 7.51. The van der Waals surface area contributed by atoms with Crippen LogP contribution in [0, 0.1) is 0 Å². The number of thiophene rings is 1. The summed E-state index contributed by atoms with van der Waals surface area (Å²) in [6.45, 7) is 1.08. The van der Waals surface area contributed by atoms with E-state index in [1.807, 2.05) is 11.4 Å². The molecule has 0 aliphatic carbocycles. The maximum Gasteiger partial charge on any atom is 0.413 e. The maximum atomic E-state index is 12.6. The Balaban J connectivity index is 1.34. The third-order valence-electron chi connectivity index (χ3n) is 5.14. The van der Waals surface area contributed by atoms with Crippen molar-refractivity contribution in [1.82, 2.24) is 4.90 Å². The normalized spacial score (nSPS) is 21.0. The molecule has 9 nitrogen and oxygen atoms in total. The molecule has 0 saturated carbocycles. The first kappa shape index (κ1) is 23.4. The number of carbonyl (C=O) groups excluding carboxylic acids is 3. The summed E-state index contributed by atoms with van der Waals surface area (Å²) in [7, 11) is 0. The standard InChI is InChI=1S/C22H22BrN3O6S/c23-14-9-18(33-13-14)5-6-19(28)26-11-17(27)10-21(26)32-22(30)24-15-1-3-16(4-2-15)25-7-8-31-12-20(25)29/h1-6,9,13,17,21,27H,7-8,10-12H2,(H,24,30)/t17-,21-/m1/s1. The number of anilines is 2. The number of hydrogen-bond donors (Lipinski definition) is 2. The topological polar surface area (TPSA) is 108 Å². The van der Waals surface area contributed by atoms with Gasteiger partial charge in [-0.15, -0.1) is 11.3 Å². The first-order chi connectivity index (χ1) is 15.9. The van der Waals surface area contributed by atoms with Crippen LogP contribution in [0.2, 0.25) is 0 Å². The van der Waals surface area contributed by atoms with Crippen molar-refractivity contribution >= 4 is 62.6 Å². The summed E-state index contributed by atoms with van der Waals surface area (Å²) in [4.78, 5) is 40.8. The Morgan fingerprint density at radius 1 is 1.30 bits per heavy atom. The summed E-state index contributed by atoms with van der Waals surface area (Å²) < 4.78 is 11.5. The van der Waals surface area contributed by atoms with E-state index in [-0.39, 0.29) is 31.4 Å². The largest absolute Gasteiger partial charge is 0.425 e. The fourth-order valence-corrected chi connectivity index (χ4v) is 4.91. The minimum absolute atomic E-state index is 0.0504. The number of benzene rings is 1. The van der Waals surface area contributed by atoms with Crippen LogP contribution >= 0.6 is 27.3 Å². The molecule has 33 heavy (non-hydrogen) atoms. The molecule has 2 aliphatic heterocycles. The van der Waals surface area contributed by atoms with Crippen molar-refractivity contribution in [1.29, 1.82) is 0 Å². The minimum atomic E-state index is -0.877. The highest BCUT2D eigenvalue weighted by Crippen LogP contribution is 2.24. The van der Waals surface area contributed by atoms with Crippen LogP contribution in [0.4, 0.5) is 16.2 Å². The van der Waals surface area contributed by atoms with Gasteiger partial charge in [0.15, 0.2) is 6.23 Å². The zero-order valence-corrected chi connectivity index (χ0v) is 19.9. The van der Waals surface area contributed by atoms with Crippen LogP contribution in [0.15, 0.2) is 46.3 Å². The molecule has 1 aromatic carbocycles. The van der Waals surface area contributed by atoms with Gasteiger partial charge in [0.2, 0.25) is 5.91 Å². The van der Waals surface area contributed by atoms with Crippen LogP contribution in [0.3, 0.4) is 0 Å². The molecule has 3 amide bonds. The zero-order chi connectivity index (χ0) is 23.4. The maximum absolute atomic E-state index is 12.6. The highest BCUT2D eigenvalue weighted by molar-refractivity contribution is 9.10. The van der Waals surface area contributed by atoms with Gasteiger partial charge in [0.25, 0.3) is 5.91 Å². The molecule has 0 unspecified atom stereocenters. The van der Waals surface area contributed by atoms with Crippen molar-refractivity contribution in [3.05, 3.63) is 51.1 Å². The van der Waals surface area contributed by atoms with Crippen molar-refractivity contribution in [2.45, 2.75) is 18.8 Å². The Labute approximate surface area is 202 Å². The summed E-state index contributed by atoms with van der Waals surface area (Å²) in [6.07, 6.45) is 0.818. The number of β-amino-alcohol motifs (C(OH)–C–C–N with tert-alkyl or cyclic N) is 1. The van der Waals surface area contributed by atoms with Gasteiger partial charge in [-0.3, -0.25) is 14.9 Å². The van der Waals surface area contributed by atoms with E-state index in [1.165, 1.54) is 22.3 Å². The molecular weight excluding hydrogens is 514 g/mol. The molecule has 0 bridgehead atoms. The lowest BCUT2D eigenvalue weighted by molar-refractivity contribution is -0.132. The Hall–Kier alpha value is -2.73. The summed E-state index contributed by atoms with van der Waals surface area (Å²) in [5.74, 6) is -0.472. The van der Waals surface area contributed by atoms with E-state index in [2.05, 4.69) is 21.2 Å². The van der Waals surface area contributed by atoms with E-state index in [4.69, 9.17) is 9.47 Å². The molecule has 0 radical (unpaired) electrons. The molecule has 11 heteroatoms. The molecule has 2 fully saturated rings. The summed E-state index contributed by atoms with van der Waals surface area (Å²) in [5, 5.41) is 14.5. The van der Waals surface area contributed by atoms with Crippen LogP contribution in [0.5, 0.6) is 0 Å². The third-order valence-corrected chi connectivity index (χ3v) is 6.80. The first-order valence-electron chi connectivity index (χ1n) is 10.3. The summed E-state index contributed by atoms with van der Waals surface area (Å²) in [5.41, 5.74) is 1.19. The van der Waals surface area contributed by atoms with Crippen LogP contribution in [-0.2, 0) is 19.1 Å². The van der Waals surface area contributed by atoms with Gasteiger partial charge in [0.05, 0.1) is 19.3 Å². The fourth-order valence-electron chi connectivity index (χ4n) is 3.57. The molecule has 3 heterocycles. The van der Waals surface area contributed by atoms with Crippen molar-refractivity contribution in [3.8, 4) is 0 Å². The van der Waals surface area contributed by atoms with E-state index in [9.17, 15) is 19.5 Å². The molecule has 2 aromatic rings. The lowest BCUT2D eigenvalue weighted by Crippen LogP contribution is -2.41. The van der Waals surface area contributed by atoms with E-state index in [0.717, 1.165) is 9.35 Å². The zero-order valence-electron chi connectivity index (χ0n) is 17.5. The van der Waals surface area contributed by atoms with Crippen molar-refractivity contribution in [2.24, 2.45) is 0 Å². The Kier molecular flexibility index (Phi) is 7.43. The number of morpholine rings is 1. The Bertz CT molecular complexity index is 1060. The number of aliphatic hydroxyl groups excluding tert-OH is 1. The van der Waals surface area contributed by atoms with E-state index in [1.54, 1.807) is 35.2 Å². The molecule has 2 atom stereocenters. The van der Waals surface area contributed by atoms with E-state index >= 15 is 0 Å². The van der Waals surface area contributed by atoms with Crippen molar-refractivity contribution in [2.75, 3.05) is 36.5 Å². The van der Waals surface area contributed by atoms with Gasteiger partial charge in [-0.2, -0.15) is 0 Å². The van der Waals surface area contributed by atoms with Crippen LogP contribution in [0.1, 0.15) is 11.3 Å². The number of rotatable bonds is 5. The monoisotopic (exact) mass is 535 g/mol. The van der Waals surface area contributed by atoms with Crippen molar-refractivity contribution < 1.29 is 29.0 Å². The third kappa shape index (κ3) is 5.99. The number of hydrogen-bond acceptors (Lipinski definition) is 7. The second-order valence-corrected chi connectivity index (χ2v) is 9.37. The number of amides is 3. The average Bonchev–Trinajstić information content (AvgIpc) is 3.37. The molecule has 0 spiro atoms. The molecule has 2 N–H and O–H groups in total. The molecule has 4 rings (SSSR count). The van der Waals surface area contributed by atoms with Gasteiger partial charge in [-0.1, -0.05) is 0 Å². The van der Waals surface area contributed by atoms with E-state index in [0.29, 0.717) is 24.5 Å². The average molecular weight is 536 g/mol. The highest BCUT2D eigenvalue weighted by atomic mass is 79.9. The van der Waals surface area contributed by atoms with Crippen LogP contribution in [-0.4, -0.2) is 66.5 Å². The number of nitrogens with one attached hydrogen (secondary N) is 1. The lowest BCUT2D eigenvalue weighted by Gasteiger charge is -2.27. The fraction of sp³-hybridized carbons (Fsp3) is 0.318. The quantitative estimate of drug-likeness (QED) is 0.569. The molecule has 2 aliphatic rings. The van der Waals surface area contributed by atoms with Gasteiger partial charge in [0.1, 0.15) is 6.61 Å². The molecule has 2 saturated heterocycles. The van der Waals surface area contributed by atoms with Gasteiger partial charge in [-0.05, 0) is 52.3 Å². The summed E-state index contributed by atoms with van der Waals surface area (Å²) >= 11 is 4.85. The molecule has 174 valence electrons. The van der Waals surface area contributed by atoms with Crippen LogP contribution < -0.4 is 10.2 Å². The molecule has 1 aromatic heterocycles. The Morgan fingerprint density at radius 2 is 2.09 bits per heavy atom. The molecular formula is C22H22BrN3O6S. The predicted molar refractivity (Wildman–Crippen MR) is 127 cm³/mol. The summed E-state index contributed by atoms with van der Waals surface area (Å²) in [6, 6.07) is 8.65. The number of nitrogens with zero attached hydrogens (tertiary/aromatic N) is 2. The van der Waals surface area contributed by atoms with Gasteiger partial charge < -0.3 is 24.4 Å². The SMILES string of the molecule is O=C(Nc1ccc(N2CCOCC2=O)cc1)O[C@@H]1C[C@@H](O)CN1C(=O)C=Cc1cc(Br)cs1. The number of likely N-dealkylation sites (tertiary alicyclic amines) is 1. The van der Waals surface area contributed by atoms with Crippen LogP contribution in [0.25, 0.3) is 6.08 Å². The number of carbonyl (C=O) groups is 3. The minimum Gasteiger partial charge on any atom is -0.425 e. The van der Waals surface area contributed by atoms with Gasteiger partial charge in [0, 0.05) is 45.1 Å². The van der Waals surface area contributed by atoms with Gasteiger partial charge >= 0.3 is 6.09 Å². The number of aliphatic hydroxyl groups is 1. The smallest absolute Gasteiger partial charge is 0.413 e. The lowest BCUT2D eigenvalue weighted by atomic mass is 10.2. The second kappa shape index (κ2) is 10.5. The van der Waals surface area contributed by atoms with E-state index < -0.39 is 18.4 Å².